The standard InChI is InChI=1S/C7H11ClO/c1-6(2)4-3-5-7(8)9/h3,5-6H,4H2,1-2H3/b5-3+. The Bertz CT molecular complexity index is 116. The topological polar surface area (TPSA) is 17.1 Å². The molecule has 9 heavy (non-hydrogen) atoms. The molecule has 0 N–H and O–H groups in total. The molecule has 0 saturated heterocycles. The van der Waals surface area contributed by atoms with Crippen molar-refractivity contribution >= 4 is 16.8 Å². The summed E-state index contributed by atoms with van der Waals surface area (Å²) in [5.74, 6) is 0.595. The molecule has 0 aliphatic rings. The fraction of sp³-hybridized carbons (Fsp3) is 0.571. The Morgan fingerprint density at radius 1 is 1.67 bits per heavy atom. The van der Waals surface area contributed by atoms with E-state index in [2.05, 4.69) is 13.8 Å². The van der Waals surface area contributed by atoms with E-state index in [0.717, 1.165) is 6.42 Å². The van der Waals surface area contributed by atoms with Crippen molar-refractivity contribution in [3.8, 4) is 0 Å². The zero-order valence-corrected chi connectivity index (χ0v) is 6.48. The Labute approximate surface area is 60.7 Å². The summed E-state index contributed by atoms with van der Waals surface area (Å²) >= 11 is 5.04. The molecule has 0 aromatic carbocycles. The van der Waals surface area contributed by atoms with Crippen molar-refractivity contribution in [2.75, 3.05) is 0 Å². The first-order valence-corrected chi connectivity index (χ1v) is 3.36. The number of rotatable bonds is 3. The SMILES string of the molecule is CC(C)C/C=C/C(=O)Cl. The third-order valence-electron chi connectivity index (χ3n) is 0.856. The molecule has 0 rings (SSSR count). The average Bonchev–Trinajstić information content (AvgIpc) is 1.63. The van der Waals surface area contributed by atoms with Gasteiger partial charge in [-0.3, -0.25) is 4.79 Å². The van der Waals surface area contributed by atoms with E-state index in [-0.39, 0.29) is 0 Å². The Kier molecular flexibility index (Phi) is 4.41. The Morgan fingerprint density at radius 2 is 2.22 bits per heavy atom. The lowest BCUT2D eigenvalue weighted by Gasteiger charge is -1.94. The molecule has 0 aliphatic heterocycles. The van der Waals surface area contributed by atoms with Gasteiger partial charge in [0.05, 0.1) is 0 Å². The minimum Gasteiger partial charge on any atom is -0.276 e. The van der Waals surface area contributed by atoms with Gasteiger partial charge in [0.25, 0.3) is 0 Å². The number of hydrogen-bond donors (Lipinski definition) is 0. The monoisotopic (exact) mass is 146 g/mol. The Hall–Kier alpha value is -0.300. The first-order chi connectivity index (χ1) is 4.13. The van der Waals surface area contributed by atoms with E-state index in [4.69, 9.17) is 11.6 Å². The van der Waals surface area contributed by atoms with Crippen molar-refractivity contribution < 1.29 is 4.79 Å². The predicted octanol–water partition coefficient (Wildman–Crippen LogP) is 2.35. The first-order valence-electron chi connectivity index (χ1n) is 2.99. The molecule has 0 fully saturated rings. The second-order valence-electron chi connectivity index (χ2n) is 2.34. The maximum Gasteiger partial charge on any atom is 0.244 e. The summed E-state index contributed by atoms with van der Waals surface area (Å²) in [6.07, 6.45) is 4.10. The van der Waals surface area contributed by atoms with E-state index in [1.165, 1.54) is 6.08 Å². The molecule has 0 aliphatic carbocycles. The molecule has 0 unspecified atom stereocenters. The van der Waals surface area contributed by atoms with Crippen molar-refractivity contribution in [3.05, 3.63) is 12.2 Å². The second-order valence-corrected chi connectivity index (χ2v) is 2.71. The lowest BCUT2D eigenvalue weighted by Crippen LogP contribution is -1.82. The molecule has 1 nitrogen and oxygen atoms in total. The molecule has 0 amide bonds. The van der Waals surface area contributed by atoms with Gasteiger partial charge in [-0.1, -0.05) is 19.9 Å². The van der Waals surface area contributed by atoms with Crippen LogP contribution in [0.15, 0.2) is 12.2 Å². The van der Waals surface area contributed by atoms with Crippen LogP contribution in [-0.4, -0.2) is 5.24 Å². The highest BCUT2D eigenvalue weighted by atomic mass is 35.5. The van der Waals surface area contributed by atoms with Gasteiger partial charge in [0, 0.05) is 0 Å². The van der Waals surface area contributed by atoms with Crippen LogP contribution in [0.2, 0.25) is 0 Å². The zero-order chi connectivity index (χ0) is 7.28. The number of hydrogen-bond acceptors (Lipinski definition) is 1. The second kappa shape index (κ2) is 4.57. The van der Waals surface area contributed by atoms with Crippen LogP contribution in [0.5, 0.6) is 0 Å². The van der Waals surface area contributed by atoms with Gasteiger partial charge in [0.1, 0.15) is 0 Å². The van der Waals surface area contributed by atoms with Gasteiger partial charge in [-0.05, 0) is 30.0 Å². The number of carbonyl (C=O) groups excluding carboxylic acids is 1. The Balaban J connectivity index is 3.36. The first kappa shape index (κ1) is 8.70. The van der Waals surface area contributed by atoms with Crippen LogP contribution in [-0.2, 0) is 4.79 Å². The summed E-state index contributed by atoms with van der Waals surface area (Å²) in [5, 5.41) is -0.393. The largest absolute Gasteiger partial charge is 0.276 e. The molecule has 2 heteroatoms. The van der Waals surface area contributed by atoms with Crippen LogP contribution in [0.4, 0.5) is 0 Å². The summed E-state index contributed by atoms with van der Waals surface area (Å²) in [5.41, 5.74) is 0. The van der Waals surface area contributed by atoms with Crippen LogP contribution in [0, 0.1) is 5.92 Å². The van der Waals surface area contributed by atoms with Crippen LogP contribution < -0.4 is 0 Å². The van der Waals surface area contributed by atoms with Crippen molar-refractivity contribution in [1.82, 2.24) is 0 Å². The third kappa shape index (κ3) is 7.70. The molecular formula is C7H11ClO. The van der Waals surface area contributed by atoms with Crippen LogP contribution in [0.3, 0.4) is 0 Å². The number of carbonyl (C=O) groups is 1. The van der Waals surface area contributed by atoms with Gasteiger partial charge in [-0.2, -0.15) is 0 Å². The van der Waals surface area contributed by atoms with Crippen LogP contribution in [0.25, 0.3) is 0 Å². The van der Waals surface area contributed by atoms with Crippen molar-refractivity contribution in [2.45, 2.75) is 20.3 Å². The molecule has 0 heterocycles. The molecule has 0 aromatic heterocycles. The summed E-state index contributed by atoms with van der Waals surface area (Å²) in [7, 11) is 0. The van der Waals surface area contributed by atoms with Gasteiger partial charge in [-0.25, -0.2) is 0 Å². The molecule has 0 spiro atoms. The van der Waals surface area contributed by atoms with E-state index < -0.39 is 5.24 Å². The van der Waals surface area contributed by atoms with Crippen molar-refractivity contribution in [1.29, 1.82) is 0 Å². The predicted molar refractivity (Wildman–Crippen MR) is 39.5 cm³/mol. The van der Waals surface area contributed by atoms with E-state index in [1.807, 2.05) is 0 Å². The van der Waals surface area contributed by atoms with Crippen molar-refractivity contribution in [2.24, 2.45) is 5.92 Å². The quantitative estimate of drug-likeness (QED) is 0.441. The van der Waals surface area contributed by atoms with Gasteiger partial charge in [0.2, 0.25) is 5.24 Å². The highest BCUT2D eigenvalue weighted by Crippen LogP contribution is 1.99. The molecular weight excluding hydrogens is 136 g/mol. The maximum atomic E-state index is 10.1. The Morgan fingerprint density at radius 3 is 2.56 bits per heavy atom. The zero-order valence-electron chi connectivity index (χ0n) is 5.73. The average molecular weight is 147 g/mol. The minimum atomic E-state index is -0.393. The highest BCUT2D eigenvalue weighted by molar-refractivity contribution is 6.66. The third-order valence-corrected chi connectivity index (χ3v) is 0.982. The van der Waals surface area contributed by atoms with Crippen LogP contribution in [0.1, 0.15) is 20.3 Å². The van der Waals surface area contributed by atoms with Gasteiger partial charge in [-0.15, -0.1) is 0 Å². The number of allylic oxidation sites excluding steroid dienone is 2. The van der Waals surface area contributed by atoms with Crippen LogP contribution >= 0.6 is 11.6 Å². The molecule has 0 saturated carbocycles. The van der Waals surface area contributed by atoms with E-state index in [9.17, 15) is 4.79 Å². The maximum absolute atomic E-state index is 10.1. The normalized spacial score (nSPS) is 11.1. The summed E-state index contributed by atoms with van der Waals surface area (Å²) in [6.45, 7) is 4.17. The van der Waals surface area contributed by atoms with E-state index >= 15 is 0 Å². The van der Waals surface area contributed by atoms with E-state index in [0.29, 0.717) is 5.92 Å². The van der Waals surface area contributed by atoms with Gasteiger partial charge in [0.15, 0.2) is 0 Å². The molecule has 0 aromatic rings. The van der Waals surface area contributed by atoms with Gasteiger partial charge < -0.3 is 0 Å². The molecule has 52 valence electrons. The number of halogens is 1. The van der Waals surface area contributed by atoms with Crippen molar-refractivity contribution in [3.63, 3.8) is 0 Å². The minimum absolute atomic E-state index is 0.393. The fourth-order valence-corrected chi connectivity index (χ4v) is 0.522. The smallest absolute Gasteiger partial charge is 0.244 e. The molecule has 0 bridgehead atoms. The van der Waals surface area contributed by atoms with E-state index in [1.54, 1.807) is 6.08 Å². The van der Waals surface area contributed by atoms with Gasteiger partial charge >= 0.3 is 0 Å². The highest BCUT2D eigenvalue weighted by Gasteiger charge is 1.88. The lowest BCUT2D eigenvalue weighted by molar-refractivity contribution is -0.107. The summed E-state index contributed by atoms with van der Waals surface area (Å²) in [4.78, 5) is 10.1. The molecule has 0 radical (unpaired) electrons. The molecule has 0 atom stereocenters. The summed E-state index contributed by atoms with van der Waals surface area (Å²) < 4.78 is 0. The summed E-state index contributed by atoms with van der Waals surface area (Å²) in [6, 6.07) is 0. The fourth-order valence-electron chi connectivity index (χ4n) is 0.433. The lowest BCUT2D eigenvalue weighted by atomic mass is 10.1.